The van der Waals surface area contributed by atoms with Crippen LogP contribution in [0.3, 0.4) is 0 Å². The molecule has 1 atom stereocenters. The molecule has 0 bridgehead atoms. The van der Waals surface area contributed by atoms with Gasteiger partial charge in [-0.3, -0.25) is 4.90 Å². The largest absolute Gasteiger partial charge is 0.444 e. The average Bonchev–Trinajstić information content (AvgIpc) is 3.19. The number of aliphatic hydroxyl groups excluding tert-OH is 1. The third kappa shape index (κ3) is 3.20. The second-order valence-corrected chi connectivity index (χ2v) is 6.92. The molecule has 1 saturated heterocycles. The molecular formula is C16H22N2O2S. The lowest BCUT2D eigenvalue weighted by molar-refractivity contribution is 0.123. The molecule has 0 spiro atoms. The number of likely N-dealkylation sites (tertiary alicyclic amines) is 1. The summed E-state index contributed by atoms with van der Waals surface area (Å²) in [7, 11) is 0. The first kappa shape index (κ1) is 14.8. The molecule has 1 N–H and O–H groups in total. The Morgan fingerprint density at radius 2 is 2.43 bits per heavy atom. The second-order valence-electron chi connectivity index (χ2n) is 5.97. The van der Waals surface area contributed by atoms with Gasteiger partial charge in [-0.05, 0) is 50.6 Å². The van der Waals surface area contributed by atoms with Crippen LogP contribution in [-0.4, -0.2) is 33.7 Å². The highest BCUT2D eigenvalue weighted by Gasteiger charge is 2.36. The van der Waals surface area contributed by atoms with E-state index in [4.69, 9.17) is 9.52 Å². The lowest BCUT2D eigenvalue weighted by atomic mass is 9.93. The van der Waals surface area contributed by atoms with Gasteiger partial charge in [-0.2, -0.15) is 0 Å². The fourth-order valence-electron chi connectivity index (χ4n) is 3.18. The van der Waals surface area contributed by atoms with E-state index in [1.165, 1.54) is 12.8 Å². The summed E-state index contributed by atoms with van der Waals surface area (Å²) in [6.07, 6.45) is 6.10. The van der Waals surface area contributed by atoms with E-state index in [-0.39, 0.29) is 12.1 Å². The number of nitrogens with zero attached hydrogens (tertiary/aromatic N) is 2. The van der Waals surface area contributed by atoms with Crippen LogP contribution in [0.5, 0.6) is 0 Å². The maximum Gasteiger partial charge on any atom is 0.236 e. The molecule has 0 aliphatic carbocycles. The van der Waals surface area contributed by atoms with E-state index in [1.807, 2.05) is 17.5 Å². The van der Waals surface area contributed by atoms with Gasteiger partial charge in [0, 0.05) is 18.7 Å². The molecule has 1 unspecified atom stereocenters. The van der Waals surface area contributed by atoms with Crippen LogP contribution in [0.4, 0.5) is 0 Å². The summed E-state index contributed by atoms with van der Waals surface area (Å²) in [5, 5.41) is 11.1. The minimum Gasteiger partial charge on any atom is -0.444 e. The third-order valence-corrected chi connectivity index (χ3v) is 5.27. The Hall–Kier alpha value is -1.17. The molecule has 0 amide bonds. The van der Waals surface area contributed by atoms with Crippen LogP contribution >= 0.6 is 11.3 Å². The first-order chi connectivity index (χ1) is 10.2. The summed E-state index contributed by atoms with van der Waals surface area (Å²) in [4.78, 5) is 8.17. The van der Waals surface area contributed by atoms with Crippen LogP contribution in [0.2, 0.25) is 0 Å². The smallest absolute Gasteiger partial charge is 0.236 e. The van der Waals surface area contributed by atoms with Crippen LogP contribution < -0.4 is 0 Å². The number of hydrogen-bond acceptors (Lipinski definition) is 5. The number of rotatable bonds is 6. The quantitative estimate of drug-likeness (QED) is 0.887. The first-order valence-electron chi connectivity index (χ1n) is 7.55. The van der Waals surface area contributed by atoms with Crippen molar-refractivity contribution in [1.29, 1.82) is 0 Å². The van der Waals surface area contributed by atoms with Crippen LogP contribution in [-0.2, 0) is 6.54 Å². The van der Waals surface area contributed by atoms with Crippen molar-refractivity contribution < 1.29 is 9.52 Å². The molecule has 2 aromatic rings. The van der Waals surface area contributed by atoms with Crippen molar-refractivity contribution in [3.63, 3.8) is 0 Å². The van der Waals surface area contributed by atoms with Crippen molar-refractivity contribution in [2.45, 2.75) is 44.7 Å². The van der Waals surface area contributed by atoms with Crippen LogP contribution in [0.15, 0.2) is 28.2 Å². The van der Waals surface area contributed by atoms with E-state index >= 15 is 0 Å². The fraction of sp³-hybridized carbons (Fsp3) is 0.562. The highest BCUT2D eigenvalue weighted by Crippen LogP contribution is 2.34. The Morgan fingerprint density at radius 3 is 3.19 bits per heavy atom. The number of thiophene rings is 1. The Morgan fingerprint density at radius 1 is 1.52 bits per heavy atom. The molecule has 0 aromatic carbocycles. The highest BCUT2D eigenvalue weighted by molar-refractivity contribution is 7.13. The SMILES string of the molecule is CC1(CCCO)CCCN1Cc1coc(-c2cccs2)n1. The summed E-state index contributed by atoms with van der Waals surface area (Å²) in [5.74, 6) is 0.719. The Balaban J connectivity index is 1.68. The molecule has 1 fully saturated rings. The van der Waals surface area contributed by atoms with E-state index in [0.29, 0.717) is 0 Å². The summed E-state index contributed by atoms with van der Waals surface area (Å²) < 4.78 is 5.60. The van der Waals surface area contributed by atoms with Gasteiger partial charge in [-0.25, -0.2) is 4.98 Å². The minimum absolute atomic E-state index is 0.185. The number of aliphatic hydroxyl groups is 1. The van der Waals surface area contributed by atoms with E-state index in [1.54, 1.807) is 17.6 Å². The number of aromatic nitrogens is 1. The second kappa shape index (κ2) is 6.30. The summed E-state index contributed by atoms with van der Waals surface area (Å²) in [6.45, 7) is 4.51. The van der Waals surface area contributed by atoms with E-state index in [0.717, 1.165) is 42.4 Å². The summed E-state index contributed by atoms with van der Waals surface area (Å²) >= 11 is 1.65. The standard InChI is InChI=1S/C16H22N2O2S/c1-16(7-4-9-19)6-3-8-18(16)11-13-12-20-15(17-13)14-5-2-10-21-14/h2,5,10,12,19H,3-4,6-9,11H2,1H3. The molecule has 0 saturated carbocycles. The zero-order valence-corrected chi connectivity index (χ0v) is 13.2. The van der Waals surface area contributed by atoms with Crippen LogP contribution in [0, 0.1) is 0 Å². The highest BCUT2D eigenvalue weighted by atomic mass is 32.1. The van der Waals surface area contributed by atoms with Crippen molar-refractivity contribution in [1.82, 2.24) is 9.88 Å². The van der Waals surface area contributed by atoms with E-state index in [9.17, 15) is 0 Å². The summed E-state index contributed by atoms with van der Waals surface area (Å²) in [5.41, 5.74) is 1.18. The lowest BCUT2D eigenvalue weighted by Gasteiger charge is -2.34. The van der Waals surface area contributed by atoms with Crippen molar-refractivity contribution in [3.05, 3.63) is 29.5 Å². The number of hydrogen-bond donors (Lipinski definition) is 1. The van der Waals surface area contributed by atoms with Gasteiger partial charge < -0.3 is 9.52 Å². The van der Waals surface area contributed by atoms with Gasteiger partial charge in [0.05, 0.1) is 10.6 Å². The zero-order valence-electron chi connectivity index (χ0n) is 12.4. The molecule has 2 aromatic heterocycles. The van der Waals surface area contributed by atoms with Gasteiger partial charge in [0.2, 0.25) is 5.89 Å². The first-order valence-corrected chi connectivity index (χ1v) is 8.43. The Bertz CT molecular complexity index is 567. The Kier molecular flexibility index (Phi) is 4.42. The molecular weight excluding hydrogens is 284 g/mol. The van der Waals surface area contributed by atoms with Gasteiger partial charge in [0.15, 0.2) is 0 Å². The monoisotopic (exact) mass is 306 g/mol. The number of oxazole rings is 1. The van der Waals surface area contributed by atoms with Crippen LogP contribution in [0.1, 0.15) is 38.3 Å². The molecule has 3 heterocycles. The minimum atomic E-state index is 0.185. The van der Waals surface area contributed by atoms with Crippen molar-refractivity contribution in [2.75, 3.05) is 13.2 Å². The Labute approximate surface area is 129 Å². The van der Waals surface area contributed by atoms with Gasteiger partial charge in [-0.1, -0.05) is 6.07 Å². The van der Waals surface area contributed by atoms with Gasteiger partial charge >= 0.3 is 0 Å². The predicted molar refractivity (Wildman–Crippen MR) is 84.2 cm³/mol. The molecule has 5 heteroatoms. The molecule has 1 aliphatic heterocycles. The fourth-order valence-corrected chi connectivity index (χ4v) is 3.84. The lowest BCUT2D eigenvalue weighted by Crippen LogP contribution is -2.40. The topological polar surface area (TPSA) is 49.5 Å². The molecule has 0 radical (unpaired) electrons. The maximum atomic E-state index is 9.08. The third-order valence-electron chi connectivity index (χ3n) is 4.42. The average molecular weight is 306 g/mol. The zero-order chi connectivity index (χ0) is 14.7. The van der Waals surface area contributed by atoms with Crippen molar-refractivity contribution >= 4 is 11.3 Å². The van der Waals surface area contributed by atoms with Crippen LogP contribution in [0.25, 0.3) is 10.8 Å². The van der Waals surface area contributed by atoms with E-state index < -0.39 is 0 Å². The molecule has 21 heavy (non-hydrogen) atoms. The molecule has 114 valence electrons. The van der Waals surface area contributed by atoms with Gasteiger partial charge in [0.25, 0.3) is 0 Å². The normalized spacial score (nSPS) is 23.0. The van der Waals surface area contributed by atoms with E-state index in [2.05, 4.69) is 16.8 Å². The van der Waals surface area contributed by atoms with Crippen molar-refractivity contribution in [3.8, 4) is 10.8 Å². The molecule has 3 rings (SSSR count). The van der Waals surface area contributed by atoms with Gasteiger partial charge in [0.1, 0.15) is 6.26 Å². The molecule has 1 aliphatic rings. The predicted octanol–water partition coefficient (Wildman–Crippen LogP) is 3.53. The van der Waals surface area contributed by atoms with Crippen molar-refractivity contribution in [2.24, 2.45) is 0 Å². The maximum absolute atomic E-state index is 9.08. The van der Waals surface area contributed by atoms with Gasteiger partial charge in [-0.15, -0.1) is 11.3 Å². The molecule has 4 nitrogen and oxygen atoms in total. The summed E-state index contributed by atoms with van der Waals surface area (Å²) in [6, 6.07) is 4.04.